The van der Waals surface area contributed by atoms with Crippen LogP contribution in [0.25, 0.3) is 11.4 Å². The molecule has 2 aromatic carbocycles. The molecule has 8 nitrogen and oxygen atoms in total. The van der Waals surface area contributed by atoms with Crippen LogP contribution < -0.4 is 10.6 Å². The van der Waals surface area contributed by atoms with Crippen molar-refractivity contribution in [1.82, 2.24) is 25.5 Å². The van der Waals surface area contributed by atoms with Crippen LogP contribution in [0.15, 0.2) is 54.6 Å². The summed E-state index contributed by atoms with van der Waals surface area (Å²) in [6, 6.07) is 17.7. The molecule has 30 heavy (non-hydrogen) atoms. The smallest absolute Gasteiger partial charge is 0.226 e. The number of ether oxygens (including phenoxy) is 1. The molecule has 1 unspecified atom stereocenters. The summed E-state index contributed by atoms with van der Waals surface area (Å²) in [6.07, 6.45) is 1.19. The van der Waals surface area contributed by atoms with Crippen molar-refractivity contribution in [2.24, 2.45) is 0 Å². The van der Waals surface area contributed by atoms with E-state index >= 15 is 0 Å². The summed E-state index contributed by atoms with van der Waals surface area (Å²) in [7, 11) is 0. The molecule has 2 N–H and O–H groups in total. The van der Waals surface area contributed by atoms with Gasteiger partial charge in [-0.05, 0) is 29.3 Å². The van der Waals surface area contributed by atoms with Gasteiger partial charge in [0.2, 0.25) is 11.7 Å². The predicted octanol–water partition coefficient (Wildman–Crippen LogP) is 2.32. The lowest BCUT2D eigenvalue weighted by atomic mass is 10.1. The Morgan fingerprint density at radius 3 is 2.70 bits per heavy atom. The minimum Gasteiger partial charge on any atom is -0.378 e. The summed E-state index contributed by atoms with van der Waals surface area (Å²) in [5.74, 6) is 0.613. The first-order valence-corrected chi connectivity index (χ1v) is 9.79. The van der Waals surface area contributed by atoms with Gasteiger partial charge in [0, 0.05) is 30.3 Å². The number of hydrogen-bond acceptors (Lipinski definition) is 6. The highest BCUT2D eigenvalue weighted by Crippen LogP contribution is 2.13. The molecular weight excluding hydrogens is 404 g/mol. The van der Waals surface area contributed by atoms with Crippen molar-refractivity contribution in [3.05, 3.63) is 60.2 Å². The first kappa shape index (κ1) is 21.9. The molecule has 1 amide bonds. The number of nitrogens with one attached hydrogen (secondary N) is 2. The van der Waals surface area contributed by atoms with E-state index in [1.54, 1.807) is 4.80 Å². The molecule has 1 aliphatic heterocycles. The highest BCUT2D eigenvalue weighted by molar-refractivity contribution is 5.91. The van der Waals surface area contributed by atoms with Gasteiger partial charge < -0.3 is 15.4 Å². The minimum atomic E-state index is -0.0130. The summed E-state index contributed by atoms with van der Waals surface area (Å²) in [5.41, 5.74) is 2.89. The van der Waals surface area contributed by atoms with E-state index in [0.29, 0.717) is 32.0 Å². The summed E-state index contributed by atoms with van der Waals surface area (Å²) >= 11 is 0. The number of carbonyl (C=O) groups excluding carboxylic acids is 1. The third-order valence-corrected chi connectivity index (χ3v) is 4.75. The van der Waals surface area contributed by atoms with E-state index in [0.717, 1.165) is 29.8 Å². The van der Waals surface area contributed by atoms with Crippen molar-refractivity contribution in [3.8, 4) is 11.4 Å². The number of rotatable bonds is 7. The molecule has 0 aliphatic carbocycles. The van der Waals surface area contributed by atoms with E-state index in [4.69, 9.17) is 4.74 Å². The van der Waals surface area contributed by atoms with Crippen LogP contribution in [0, 0.1) is 0 Å². The van der Waals surface area contributed by atoms with Crippen LogP contribution in [-0.2, 0) is 22.5 Å². The fourth-order valence-electron chi connectivity index (χ4n) is 3.21. The van der Waals surface area contributed by atoms with Gasteiger partial charge in [-0.25, -0.2) is 0 Å². The first-order valence-electron chi connectivity index (χ1n) is 9.79. The van der Waals surface area contributed by atoms with E-state index in [9.17, 15) is 4.79 Å². The standard InChI is InChI=1S/C21H24N6O2.ClH/c28-20(14-19-15-29-13-11-22-19)23-18-8-6-16(7-9-18)10-12-27-25-21(24-26-27)17-4-2-1-3-5-17;/h1-9,19,22H,10-15H2,(H,23,28);1H. The Balaban J connectivity index is 0.00000256. The maximum atomic E-state index is 12.2. The average molecular weight is 429 g/mol. The summed E-state index contributed by atoms with van der Waals surface area (Å²) in [5, 5.41) is 18.9. The Morgan fingerprint density at radius 2 is 1.97 bits per heavy atom. The second-order valence-electron chi connectivity index (χ2n) is 7.00. The molecule has 0 spiro atoms. The topological polar surface area (TPSA) is 94.0 Å². The van der Waals surface area contributed by atoms with E-state index in [2.05, 4.69) is 26.0 Å². The Bertz CT molecular complexity index is 926. The van der Waals surface area contributed by atoms with Gasteiger partial charge in [0.15, 0.2) is 0 Å². The quantitative estimate of drug-likeness (QED) is 0.599. The molecule has 2 heterocycles. The zero-order valence-electron chi connectivity index (χ0n) is 16.5. The Kier molecular flexibility index (Phi) is 7.89. The molecule has 0 bridgehead atoms. The molecule has 1 atom stereocenters. The Hall–Kier alpha value is -2.81. The molecule has 1 aromatic heterocycles. The van der Waals surface area contributed by atoms with Gasteiger partial charge in [-0.3, -0.25) is 4.79 Å². The normalized spacial score (nSPS) is 15.9. The fraction of sp³-hybridized carbons (Fsp3) is 0.333. The lowest BCUT2D eigenvalue weighted by Crippen LogP contribution is -2.43. The number of anilines is 1. The molecule has 1 aliphatic rings. The van der Waals surface area contributed by atoms with Gasteiger partial charge >= 0.3 is 0 Å². The van der Waals surface area contributed by atoms with Gasteiger partial charge in [0.25, 0.3) is 0 Å². The number of carbonyl (C=O) groups is 1. The molecule has 0 saturated carbocycles. The average Bonchev–Trinajstić information content (AvgIpc) is 3.24. The SMILES string of the molecule is Cl.O=C(CC1COCCN1)Nc1ccc(CCn2nnc(-c3ccccc3)n2)cc1. The van der Waals surface area contributed by atoms with E-state index in [1.807, 2.05) is 54.6 Å². The summed E-state index contributed by atoms with van der Waals surface area (Å²) in [6.45, 7) is 2.71. The zero-order chi connectivity index (χ0) is 19.9. The van der Waals surface area contributed by atoms with Gasteiger partial charge in [0.1, 0.15) is 0 Å². The Labute approximate surface area is 181 Å². The van der Waals surface area contributed by atoms with Crippen molar-refractivity contribution >= 4 is 24.0 Å². The molecule has 9 heteroatoms. The molecule has 3 aromatic rings. The molecule has 0 radical (unpaired) electrons. The Morgan fingerprint density at radius 1 is 1.17 bits per heavy atom. The van der Waals surface area contributed by atoms with E-state index in [-0.39, 0.29) is 24.4 Å². The minimum absolute atomic E-state index is 0. The van der Waals surface area contributed by atoms with E-state index < -0.39 is 0 Å². The predicted molar refractivity (Wildman–Crippen MR) is 117 cm³/mol. The van der Waals surface area contributed by atoms with Crippen molar-refractivity contribution in [1.29, 1.82) is 0 Å². The maximum Gasteiger partial charge on any atom is 0.226 e. The number of tetrazole rings is 1. The maximum absolute atomic E-state index is 12.2. The van der Waals surface area contributed by atoms with Crippen LogP contribution in [0.2, 0.25) is 0 Å². The third kappa shape index (κ3) is 6.09. The molecule has 4 rings (SSSR count). The van der Waals surface area contributed by atoms with Crippen LogP contribution in [-0.4, -0.2) is 51.9 Å². The summed E-state index contributed by atoms with van der Waals surface area (Å²) in [4.78, 5) is 13.8. The number of amides is 1. The molecule has 1 saturated heterocycles. The van der Waals surface area contributed by atoms with Crippen LogP contribution in [0.3, 0.4) is 0 Å². The molecule has 158 valence electrons. The lowest BCUT2D eigenvalue weighted by molar-refractivity contribution is -0.117. The van der Waals surface area contributed by atoms with Gasteiger partial charge in [-0.15, -0.1) is 22.6 Å². The summed E-state index contributed by atoms with van der Waals surface area (Å²) < 4.78 is 5.38. The van der Waals surface area contributed by atoms with Crippen LogP contribution in [0.4, 0.5) is 5.69 Å². The monoisotopic (exact) mass is 428 g/mol. The van der Waals surface area contributed by atoms with Crippen molar-refractivity contribution in [2.45, 2.75) is 25.4 Å². The largest absolute Gasteiger partial charge is 0.378 e. The number of morpholine rings is 1. The number of hydrogen-bond donors (Lipinski definition) is 2. The highest BCUT2D eigenvalue weighted by atomic mass is 35.5. The number of benzene rings is 2. The molecular formula is C21H25ClN6O2. The van der Waals surface area contributed by atoms with Crippen molar-refractivity contribution in [3.63, 3.8) is 0 Å². The number of halogens is 1. The first-order chi connectivity index (χ1) is 14.3. The molecule has 1 fully saturated rings. The van der Waals surface area contributed by atoms with Gasteiger partial charge in [-0.2, -0.15) is 4.80 Å². The van der Waals surface area contributed by atoms with Gasteiger partial charge in [0.05, 0.1) is 19.8 Å². The number of aromatic nitrogens is 4. The van der Waals surface area contributed by atoms with Crippen molar-refractivity contribution < 1.29 is 9.53 Å². The van der Waals surface area contributed by atoms with Crippen molar-refractivity contribution in [2.75, 3.05) is 25.1 Å². The third-order valence-electron chi connectivity index (χ3n) is 4.75. The van der Waals surface area contributed by atoms with Crippen LogP contribution in [0.1, 0.15) is 12.0 Å². The second-order valence-corrected chi connectivity index (χ2v) is 7.00. The van der Waals surface area contributed by atoms with Gasteiger partial charge in [-0.1, -0.05) is 42.5 Å². The fourth-order valence-corrected chi connectivity index (χ4v) is 3.21. The second kappa shape index (κ2) is 10.8. The zero-order valence-corrected chi connectivity index (χ0v) is 17.3. The van der Waals surface area contributed by atoms with Crippen LogP contribution in [0.5, 0.6) is 0 Å². The lowest BCUT2D eigenvalue weighted by Gasteiger charge is -2.23. The highest BCUT2D eigenvalue weighted by Gasteiger charge is 2.16. The number of aryl methyl sites for hydroxylation is 2. The van der Waals surface area contributed by atoms with Crippen LogP contribution >= 0.6 is 12.4 Å². The number of nitrogens with zero attached hydrogens (tertiary/aromatic N) is 4. The van der Waals surface area contributed by atoms with E-state index in [1.165, 1.54) is 0 Å².